The van der Waals surface area contributed by atoms with Crippen LogP contribution in [0.2, 0.25) is 0 Å². The highest BCUT2D eigenvalue weighted by Crippen LogP contribution is 2.16. The summed E-state index contributed by atoms with van der Waals surface area (Å²) in [5.74, 6) is 0.503. The summed E-state index contributed by atoms with van der Waals surface area (Å²) in [7, 11) is 0. The Hall–Kier alpha value is -2.66. The lowest BCUT2D eigenvalue weighted by atomic mass is 10.1. The normalized spacial score (nSPS) is 12.2. The van der Waals surface area contributed by atoms with Crippen LogP contribution in [0.4, 0.5) is 11.6 Å². The lowest BCUT2D eigenvalue weighted by molar-refractivity contribution is 0.191. The molecule has 1 aromatic heterocycles. The van der Waals surface area contributed by atoms with Crippen molar-refractivity contribution in [1.82, 2.24) is 9.97 Å². The second kappa shape index (κ2) is 5.76. The van der Waals surface area contributed by atoms with E-state index in [-0.39, 0.29) is 0 Å². The van der Waals surface area contributed by atoms with E-state index in [0.29, 0.717) is 18.2 Å². The molecule has 106 valence electrons. The number of rotatable bonds is 4. The SMILES string of the molecule is Nc1ccc(C(O)CNc2ncc3ccccc3n2)cc1. The minimum absolute atomic E-state index is 0.336. The Kier molecular flexibility index (Phi) is 3.66. The van der Waals surface area contributed by atoms with Gasteiger partial charge >= 0.3 is 0 Å². The molecule has 1 unspecified atom stereocenters. The average Bonchev–Trinajstić information content (AvgIpc) is 2.53. The summed E-state index contributed by atoms with van der Waals surface area (Å²) in [6, 6.07) is 14.9. The number of para-hydroxylation sites is 1. The van der Waals surface area contributed by atoms with Crippen LogP contribution in [0.15, 0.2) is 54.7 Å². The molecule has 0 fully saturated rings. The van der Waals surface area contributed by atoms with E-state index in [1.807, 2.05) is 36.4 Å². The van der Waals surface area contributed by atoms with E-state index in [2.05, 4.69) is 15.3 Å². The first-order valence-corrected chi connectivity index (χ1v) is 6.71. The van der Waals surface area contributed by atoms with E-state index < -0.39 is 6.10 Å². The Balaban J connectivity index is 1.69. The maximum absolute atomic E-state index is 10.1. The molecular weight excluding hydrogens is 264 g/mol. The number of hydrogen-bond donors (Lipinski definition) is 3. The van der Waals surface area contributed by atoms with Crippen LogP contribution in [0, 0.1) is 0 Å². The van der Waals surface area contributed by atoms with Crippen molar-refractivity contribution >= 4 is 22.5 Å². The lowest BCUT2D eigenvalue weighted by Gasteiger charge is -2.12. The van der Waals surface area contributed by atoms with Crippen molar-refractivity contribution < 1.29 is 5.11 Å². The fraction of sp³-hybridized carbons (Fsp3) is 0.125. The van der Waals surface area contributed by atoms with Gasteiger partial charge in [-0.3, -0.25) is 0 Å². The van der Waals surface area contributed by atoms with Gasteiger partial charge in [-0.2, -0.15) is 0 Å². The maximum Gasteiger partial charge on any atom is 0.223 e. The first-order valence-electron chi connectivity index (χ1n) is 6.71. The summed E-state index contributed by atoms with van der Waals surface area (Å²) in [6.45, 7) is 0.336. The van der Waals surface area contributed by atoms with Gasteiger partial charge in [-0.25, -0.2) is 9.97 Å². The molecule has 0 bridgehead atoms. The number of aliphatic hydroxyl groups excluding tert-OH is 1. The molecule has 0 amide bonds. The molecule has 0 aliphatic rings. The number of anilines is 2. The highest BCUT2D eigenvalue weighted by Gasteiger charge is 2.08. The number of nitrogen functional groups attached to an aromatic ring is 1. The van der Waals surface area contributed by atoms with Crippen LogP contribution in [-0.2, 0) is 0 Å². The van der Waals surface area contributed by atoms with E-state index in [4.69, 9.17) is 5.73 Å². The molecule has 1 atom stereocenters. The van der Waals surface area contributed by atoms with Gasteiger partial charge in [0.1, 0.15) is 0 Å². The Morgan fingerprint density at radius 2 is 1.86 bits per heavy atom. The first kappa shape index (κ1) is 13.3. The zero-order chi connectivity index (χ0) is 14.7. The highest BCUT2D eigenvalue weighted by molar-refractivity contribution is 5.78. The van der Waals surface area contributed by atoms with Crippen LogP contribution in [0.3, 0.4) is 0 Å². The predicted octanol–water partition coefficient (Wildman–Crippen LogP) is 2.36. The number of fused-ring (bicyclic) bond motifs is 1. The highest BCUT2D eigenvalue weighted by atomic mass is 16.3. The number of nitrogens with two attached hydrogens (primary N) is 1. The Morgan fingerprint density at radius 1 is 1.10 bits per heavy atom. The van der Waals surface area contributed by atoms with Gasteiger partial charge in [-0.05, 0) is 23.8 Å². The van der Waals surface area contributed by atoms with Crippen molar-refractivity contribution in [2.75, 3.05) is 17.6 Å². The van der Waals surface area contributed by atoms with E-state index in [1.165, 1.54) is 0 Å². The van der Waals surface area contributed by atoms with E-state index in [1.54, 1.807) is 18.3 Å². The standard InChI is InChI=1S/C16H16N4O/c17-13-7-5-11(6-8-13)15(21)10-19-16-18-9-12-3-1-2-4-14(12)20-16/h1-9,15,21H,10,17H2,(H,18,19,20). The molecule has 1 heterocycles. The molecule has 0 radical (unpaired) electrons. The van der Waals surface area contributed by atoms with Crippen molar-refractivity contribution in [3.8, 4) is 0 Å². The van der Waals surface area contributed by atoms with Gasteiger partial charge in [-0.15, -0.1) is 0 Å². The molecule has 2 aromatic carbocycles. The third-order valence-corrected chi connectivity index (χ3v) is 3.26. The second-order valence-corrected chi connectivity index (χ2v) is 4.82. The number of nitrogens with one attached hydrogen (secondary N) is 1. The quantitative estimate of drug-likeness (QED) is 0.639. The van der Waals surface area contributed by atoms with Crippen LogP contribution in [0.1, 0.15) is 11.7 Å². The molecule has 4 N–H and O–H groups in total. The number of nitrogens with zero attached hydrogens (tertiary/aromatic N) is 2. The van der Waals surface area contributed by atoms with Gasteiger partial charge in [0, 0.05) is 23.8 Å². The van der Waals surface area contributed by atoms with E-state index in [0.717, 1.165) is 16.5 Å². The second-order valence-electron chi connectivity index (χ2n) is 4.82. The van der Waals surface area contributed by atoms with Crippen molar-refractivity contribution in [2.45, 2.75) is 6.10 Å². The van der Waals surface area contributed by atoms with Gasteiger partial charge < -0.3 is 16.2 Å². The molecule has 3 rings (SSSR count). The van der Waals surface area contributed by atoms with Crippen molar-refractivity contribution in [1.29, 1.82) is 0 Å². The Bertz CT molecular complexity index is 743. The number of aromatic nitrogens is 2. The van der Waals surface area contributed by atoms with Gasteiger partial charge in [0.2, 0.25) is 5.95 Å². The molecule has 5 nitrogen and oxygen atoms in total. The summed E-state index contributed by atoms with van der Waals surface area (Å²) in [4.78, 5) is 8.63. The molecule has 5 heteroatoms. The fourth-order valence-electron chi connectivity index (χ4n) is 2.08. The van der Waals surface area contributed by atoms with Crippen LogP contribution < -0.4 is 11.1 Å². The number of hydrogen-bond acceptors (Lipinski definition) is 5. The molecule has 21 heavy (non-hydrogen) atoms. The lowest BCUT2D eigenvalue weighted by Crippen LogP contribution is -2.13. The third kappa shape index (κ3) is 3.09. The monoisotopic (exact) mass is 280 g/mol. The molecule has 3 aromatic rings. The maximum atomic E-state index is 10.1. The van der Waals surface area contributed by atoms with Crippen LogP contribution in [0.25, 0.3) is 10.9 Å². The van der Waals surface area contributed by atoms with Crippen LogP contribution in [0.5, 0.6) is 0 Å². The Labute approximate surface area is 122 Å². The summed E-state index contributed by atoms with van der Waals surface area (Å²) in [5, 5.41) is 14.2. The van der Waals surface area contributed by atoms with E-state index in [9.17, 15) is 5.11 Å². The number of benzene rings is 2. The Morgan fingerprint density at radius 3 is 2.67 bits per heavy atom. The summed E-state index contributed by atoms with van der Waals surface area (Å²) >= 11 is 0. The minimum atomic E-state index is -0.638. The van der Waals surface area contributed by atoms with Crippen LogP contribution >= 0.6 is 0 Å². The van der Waals surface area contributed by atoms with Crippen molar-refractivity contribution in [2.24, 2.45) is 0 Å². The molecule has 0 aliphatic carbocycles. The van der Waals surface area contributed by atoms with Gasteiger partial charge in [0.05, 0.1) is 11.6 Å². The summed E-state index contributed by atoms with van der Waals surface area (Å²) < 4.78 is 0. The molecular formula is C16H16N4O. The molecule has 0 spiro atoms. The summed E-state index contributed by atoms with van der Waals surface area (Å²) in [5.41, 5.74) is 7.98. The molecule has 0 saturated carbocycles. The molecule has 0 saturated heterocycles. The zero-order valence-electron chi connectivity index (χ0n) is 11.4. The van der Waals surface area contributed by atoms with Gasteiger partial charge in [0.15, 0.2) is 0 Å². The van der Waals surface area contributed by atoms with E-state index >= 15 is 0 Å². The molecule has 0 aliphatic heterocycles. The van der Waals surface area contributed by atoms with Crippen molar-refractivity contribution in [3.05, 3.63) is 60.3 Å². The third-order valence-electron chi connectivity index (χ3n) is 3.26. The zero-order valence-corrected chi connectivity index (χ0v) is 11.4. The van der Waals surface area contributed by atoms with Gasteiger partial charge in [-0.1, -0.05) is 30.3 Å². The van der Waals surface area contributed by atoms with Crippen molar-refractivity contribution in [3.63, 3.8) is 0 Å². The fourth-order valence-corrected chi connectivity index (χ4v) is 2.08. The number of aliphatic hydroxyl groups is 1. The largest absolute Gasteiger partial charge is 0.399 e. The summed E-state index contributed by atoms with van der Waals surface area (Å²) in [6.07, 6.45) is 1.13. The minimum Gasteiger partial charge on any atom is -0.399 e. The first-order chi connectivity index (χ1) is 10.2. The average molecular weight is 280 g/mol. The predicted molar refractivity (Wildman–Crippen MR) is 83.8 cm³/mol. The van der Waals surface area contributed by atoms with Gasteiger partial charge in [0.25, 0.3) is 0 Å². The topological polar surface area (TPSA) is 84.1 Å². The smallest absolute Gasteiger partial charge is 0.223 e. The van der Waals surface area contributed by atoms with Crippen LogP contribution in [-0.4, -0.2) is 21.6 Å².